The van der Waals surface area contributed by atoms with E-state index in [-0.39, 0.29) is 0 Å². The van der Waals surface area contributed by atoms with E-state index in [4.69, 9.17) is 27.7 Å². The molecule has 0 radical (unpaired) electrons. The minimum Gasteiger partial charge on any atom is -0.531 e. The molecule has 0 saturated heterocycles. The van der Waals surface area contributed by atoms with E-state index in [0.717, 1.165) is 48.5 Å². The molecule has 6 nitrogen and oxygen atoms in total. The van der Waals surface area contributed by atoms with E-state index in [1.165, 1.54) is 16.2 Å². The van der Waals surface area contributed by atoms with Crippen LogP contribution in [0, 0.1) is 0 Å². The third kappa shape index (κ3) is 6.04. The van der Waals surface area contributed by atoms with Crippen LogP contribution in [0.25, 0.3) is 64.6 Å². The van der Waals surface area contributed by atoms with E-state index in [9.17, 15) is 0 Å². The fourth-order valence-corrected chi connectivity index (χ4v) is 9.58. The van der Waals surface area contributed by atoms with Crippen LogP contribution in [0.1, 0.15) is 0 Å². The molecule has 0 bridgehead atoms. The number of nitrogens with zero attached hydrogens (tertiary/aromatic N) is 2. The van der Waals surface area contributed by atoms with E-state index < -0.39 is 33.3 Å². The third-order valence-electron chi connectivity index (χ3n) is 8.02. The highest BCUT2D eigenvalue weighted by atomic mass is 28.4. The first kappa shape index (κ1) is 32.8. The Morgan fingerprint density at radius 3 is 1.52 bits per heavy atom. The lowest BCUT2D eigenvalue weighted by Crippen LogP contribution is -2.31. The summed E-state index contributed by atoms with van der Waals surface area (Å²) < 4.78 is 27.0. The molecule has 0 atom stereocenters. The van der Waals surface area contributed by atoms with Crippen molar-refractivity contribution in [1.29, 1.82) is 0 Å². The zero-order valence-corrected chi connectivity index (χ0v) is 34.3. The van der Waals surface area contributed by atoms with Crippen molar-refractivity contribution in [2.75, 3.05) is 0 Å². The zero-order valence-electron chi connectivity index (χ0n) is 30.3. The fourth-order valence-electron chi connectivity index (χ4n) is 6.64. The van der Waals surface area contributed by atoms with E-state index >= 15 is 0 Å². The first-order chi connectivity index (χ1) is 22.3. The van der Waals surface area contributed by atoms with Crippen LogP contribution < -0.4 is 17.7 Å². The van der Waals surface area contributed by atoms with E-state index in [1.807, 2.05) is 0 Å². The summed E-state index contributed by atoms with van der Waals surface area (Å²) in [5.41, 5.74) is 0. The highest BCUT2D eigenvalue weighted by Gasteiger charge is 2.30. The maximum Gasteiger partial charge on any atom is 0.244 e. The Balaban J connectivity index is 1.79. The molecule has 48 heavy (non-hydrogen) atoms. The lowest BCUT2D eigenvalue weighted by atomic mass is 9.86. The summed E-state index contributed by atoms with van der Waals surface area (Å²) >= 11 is 0. The van der Waals surface area contributed by atoms with Gasteiger partial charge in [0.2, 0.25) is 56.8 Å². The molecule has 7 aromatic rings. The second-order valence-corrected chi connectivity index (χ2v) is 34.6. The van der Waals surface area contributed by atoms with Gasteiger partial charge in [0.1, 0.15) is 0 Å². The van der Waals surface area contributed by atoms with Crippen LogP contribution in [-0.4, -0.2) is 43.2 Å². The first-order valence-electron chi connectivity index (χ1n) is 16.8. The maximum atomic E-state index is 6.89. The SMILES string of the molecule is C[Si](C)(C)Oc1cc2c(cc3c4ccccc4cc4c5c(O[Si](C)(C)C)nc(O[Si](C)(C)C)c6cccc(c65)c2c34)c(O[Si](C)(C)C)n1. The quantitative estimate of drug-likeness (QED) is 0.0890. The molecule has 0 aliphatic carbocycles. The minimum atomic E-state index is -2.08. The van der Waals surface area contributed by atoms with Crippen molar-refractivity contribution in [2.45, 2.75) is 78.6 Å². The molecule has 0 N–H and O–H groups in total. The van der Waals surface area contributed by atoms with Crippen molar-refractivity contribution in [3.63, 3.8) is 0 Å². The van der Waals surface area contributed by atoms with E-state index in [0.29, 0.717) is 23.5 Å². The topological polar surface area (TPSA) is 62.7 Å². The highest BCUT2D eigenvalue weighted by molar-refractivity contribution is 6.71. The van der Waals surface area contributed by atoms with Crippen LogP contribution in [0.3, 0.4) is 0 Å². The summed E-state index contributed by atoms with van der Waals surface area (Å²) in [7, 11) is -8.15. The predicted molar refractivity (Wildman–Crippen MR) is 214 cm³/mol. The summed E-state index contributed by atoms with van der Waals surface area (Å²) in [6.45, 7) is 26.4. The van der Waals surface area contributed by atoms with Crippen LogP contribution in [0.5, 0.6) is 23.5 Å². The van der Waals surface area contributed by atoms with Gasteiger partial charge in [-0.05, 0) is 134 Å². The van der Waals surface area contributed by atoms with Gasteiger partial charge in [-0.1, -0.05) is 36.4 Å². The van der Waals surface area contributed by atoms with E-state index in [2.05, 4.69) is 139 Å². The van der Waals surface area contributed by atoms with Gasteiger partial charge in [0, 0.05) is 27.6 Å². The van der Waals surface area contributed by atoms with Crippen LogP contribution >= 0.6 is 0 Å². The van der Waals surface area contributed by atoms with Crippen molar-refractivity contribution in [3.8, 4) is 23.5 Å². The minimum absolute atomic E-state index is 0.617. The van der Waals surface area contributed by atoms with Gasteiger partial charge in [-0.3, -0.25) is 0 Å². The number of benzene rings is 5. The number of pyridine rings is 2. The first-order valence-corrected chi connectivity index (χ1v) is 30.5. The number of hydrogen-bond donors (Lipinski definition) is 0. The molecule has 0 fully saturated rings. The van der Waals surface area contributed by atoms with Crippen LogP contribution in [-0.2, 0) is 0 Å². The molecular formula is C38H46N2O4Si4. The normalized spacial score (nSPS) is 13.4. The van der Waals surface area contributed by atoms with Crippen molar-refractivity contribution in [3.05, 3.63) is 60.7 Å². The molecular weight excluding hydrogens is 661 g/mol. The largest absolute Gasteiger partial charge is 0.531 e. The Kier molecular flexibility index (Phi) is 7.45. The molecule has 0 saturated carbocycles. The summed E-state index contributed by atoms with van der Waals surface area (Å²) in [5.74, 6) is 2.57. The Morgan fingerprint density at radius 1 is 0.375 bits per heavy atom. The van der Waals surface area contributed by atoms with Crippen LogP contribution in [0.15, 0.2) is 60.7 Å². The van der Waals surface area contributed by atoms with Crippen molar-refractivity contribution < 1.29 is 17.7 Å². The molecule has 10 heteroatoms. The highest BCUT2D eigenvalue weighted by Crippen LogP contribution is 2.51. The molecule has 0 aliphatic heterocycles. The number of aromatic nitrogens is 2. The van der Waals surface area contributed by atoms with Gasteiger partial charge in [-0.15, -0.1) is 0 Å². The van der Waals surface area contributed by atoms with E-state index in [1.54, 1.807) is 0 Å². The Morgan fingerprint density at radius 2 is 0.875 bits per heavy atom. The van der Waals surface area contributed by atoms with Gasteiger partial charge in [0.15, 0.2) is 0 Å². The van der Waals surface area contributed by atoms with Gasteiger partial charge >= 0.3 is 0 Å². The average Bonchev–Trinajstić information content (AvgIpc) is 2.93. The molecule has 248 valence electrons. The summed E-state index contributed by atoms with van der Waals surface area (Å²) in [6, 6.07) is 21.9. The maximum absolute atomic E-state index is 6.89. The molecule has 2 heterocycles. The number of rotatable bonds is 8. The van der Waals surface area contributed by atoms with Gasteiger partial charge in [0.25, 0.3) is 0 Å². The molecule has 0 aliphatic rings. The summed E-state index contributed by atoms with van der Waals surface area (Å²) in [5, 5.41) is 13.4. The van der Waals surface area contributed by atoms with Crippen molar-refractivity contribution >= 4 is 97.9 Å². The van der Waals surface area contributed by atoms with Gasteiger partial charge in [0.05, 0.1) is 5.39 Å². The lowest BCUT2D eigenvalue weighted by Gasteiger charge is -2.27. The second kappa shape index (κ2) is 10.9. The second-order valence-electron chi connectivity index (χ2n) is 16.9. The van der Waals surface area contributed by atoms with Gasteiger partial charge in [-0.2, -0.15) is 9.97 Å². The zero-order chi connectivity index (χ0) is 34.6. The Hall–Kier alpha value is -3.71. The smallest absolute Gasteiger partial charge is 0.244 e. The lowest BCUT2D eigenvalue weighted by molar-refractivity contribution is 0.498. The Labute approximate surface area is 287 Å². The predicted octanol–water partition coefficient (Wildman–Crippen LogP) is 11.7. The summed E-state index contributed by atoms with van der Waals surface area (Å²) in [6.07, 6.45) is 0. The Bertz CT molecular complexity index is 2400. The molecule has 5 aromatic carbocycles. The standard InChI is InChI=1S/C38H46N2O4Si4/c1-45(2,3)41-31-22-28-29(37(39-31)43-47(7,8)9)21-27-24-17-14-13-16-23(24)20-30-34(27)33(28)25-18-15-19-26-32(25)35(30)38(44-48(10,11)12)40-36(26)42-46(4,5)6/h13-22H,1-12H3. The molecule has 0 amide bonds. The third-order valence-corrected chi connectivity index (χ3v) is 11.3. The monoisotopic (exact) mass is 706 g/mol. The summed E-state index contributed by atoms with van der Waals surface area (Å²) in [4.78, 5) is 10.3. The van der Waals surface area contributed by atoms with Crippen LogP contribution in [0.4, 0.5) is 0 Å². The van der Waals surface area contributed by atoms with Gasteiger partial charge in [-0.25, -0.2) is 0 Å². The van der Waals surface area contributed by atoms with Gasteiger partial charge < -0.3 is 17.7 Å². The average molecular weight is 707 g/mol. The van der Waals surface area contributed by atoms with Crippen LogP contribution in [0.2, 0.25) is 78.6 Å². The fraction of sp³-hybridized carbons (Fsp3) is 0.316. The molecule has 2 aromatic heterocycles. The number of hydrogen-bond acceptors (Lipinski definition) is 6. The van der Waals surface area contributed by atoms with Crippen molar-refractivity contribution in [1.82, 2.24) is 9.97 Å². The molecule has 0 unspecified atom stereocenters. The van der Waals surface area contributed by atoms with Crippen molar-refractivity contribution in [2.24, 2.45) is 0 Å². The number of fused-ring (bicyclic) bond motifs is 6. The molecule has 7 rings (SSSR count). The molecule has 0 spiro atoms.